The van der Waals surface area contributed by atoms with Gasteiger partial charge < -0.3 is 10.6 Å². The molecule has 2 saturated carbocycles. The Labute approximate surface area is 193 Å². The first-order valence-corrected chi connectivity index (χ1v) is 12.5. The molecule has 0 aromatic rings. The molecule has 8 unspecified atom stereocenters. The molecule has 33 heavy (non-hydrogen) atoms. The van der Waals surface area contributed by atoms with Gasteiger partial charge in [-0.1, -0.05) is 12.8 Å². The van der Waals surface area contributed by atoms with Gasteiger partial charge in [0.05, 0.1) is 12.3 Å². The van der Waals surface area contributed by atoms with Crippen LogP contribution in [0.1, 0.15) is 64.2 Å². The number of alkyl halides is 2. The highest BCUT2D eigenvalue weighted by molar-refractivity contribution is 5.79. The average Bonchev–Trinajstić information content (AvgIpc) is 3.30. The molecule has 2 aliphatic heterocycles. The highest BCUT2D eigenvalue weighted by Crippen LogP contribution is 2.33. The minimum atomic E-state index is -1.41. The highest BCUT2D eigenvalue weighted by Gasteiger charge is 2.40. The standard InChI is InChI=1S/C22H38F2N6O3/c23-16-7-6-13(12-17(16)24)20-27-19(33-30-20)9-8-18(31)25-10-3-11-26-21-14-4-1-2-5-15(14)22(32)29-28-21/h13-17,19-21,26-28,30H,1-12H2,(H,25,31)(H,29,32). The predicted molar refractivity (Wildman–Crippen MR) is 117 cm³/mol. The lowest BCUT2D eigenvalue weighted by atomic mass is 9.76. The molecule has 0 aromatic heterocycles. The van der Waals surface area contributed by atoms with Crippen LogP contribution in [0.25, 0.3) is 0 Å². The summed E-state index contributed by atoms with van der Waals surface area (Å²) in [4.78, 5) is 29.7. The van der Waals surface area contributed by atoms with E-state index >= 15 is 0 Å². The van der Waals surface area contributed by atoms with Crippen molar-refractivity contribution in [1.82, 2.24) is 32.3 Å². The molecular weight excluding hydrogens is 434 g/mol. The maximum Gasteiger partial charge on any atom is 0.237 e. The fourth-order valence-corrected chi connectivity index (χ4v) is 5.57. The normalized spacial score (nSPS) is 39.0. The molecule has 2 amide bonds. The molecule has 188 valence electrons. The lowest BCUT2D eigenvalue weighted by molar-refractivity contribution is -0.134. The summed E-state index contributed by atoms with van der Waals surface area (Å²) in [5.41, 5.74) is 8.75. The number of halogens is 2. The molecule has 0 bridgehead atoms. The Balaban J connectivity index is 1.05. The van der Waals surface area contributed by atoms with Crippen LogP contribution < -0.4 is 32.3 Å². The summed E-state index contributed by atoms with van der Waals surface area (Å²) in [5.74, 6) is 0.456. The van der Waals surface area contributed by atoms with E-state index in [2.05, 4.69) is 32.3 Å². The zero-order valence-electron chi connectivity index (χ0n) is 19.1. The second kappa shape index (κ2) is 11.8. The molecule has 0 radical (unpaired) electrons. The van der Waals surface area contributed by atoms with Crippen LogP contribution in [0.15, 0.2) is 0 Å². The van der Waals surface area contributed by atoms with E-state index in [0.717, 1.165) is 38.6 Å². The lowest BCUT2D eigenvalue weighted by Crippen LogP contribution is -2.64. The molecule has 11 heteroatoms. The fourth-order valence-electron chi connectivity index (χ4n) is 5.57. The maximum absolute atomic E-state index is 13.7. The first-order chi connectivity index (χ1) is 16.0. The van der Waals surface area contributed by atoms with Gasteiger partial charge in [0.15, 0.2) is 0 Å². The van der Waals surface area contributed by atoms with Gasteiger partial charge in [0.25, 0.3) is 0 Å². The van der Waals surface area contributed by atoms with Gasteiger partial charge in [0.2, 0.25) is 11.8 Å². The van der Waals surface area contributed by atoms with Gasteiger partial charge >= 0.3 is 0 Å². The number of carbonyl (C=O) groups is 2. The summed E-state index contributed by atoms with van der Waals surface area (Å²) in [7, 11) is 0. The van der Waals surface area contributed by atoms with Crippen molar-refractivity contribution in [2.45, 2.75) is 95.1 Å². The number of hydrogen-bond acceptors (Lipinski definition) is 7. The molecule has 4 rings (SSSR count). The van der Waals surface area contributed by atoms with Crippen molar-refractivity contribution >= 4 is 11.8 Å². The highest BCUT2D eigenvalue weighted by atomic mass is 19.2. The molecule has 0 spiro atoms. The van der Waals surface area contributed by atoms with Gasteiger partial charge in [0.1, 0.15) is 18.6 Å². The Hall–Kier alpha value is -1.40. The van der Waals surface area contributed by atoms with E-state index in [1.54, 1.807) is 0 Å². The van der Waals surface area contributed by atoms with E-state index < -0.39 is 12.3 Å². The molecule has 9 nitrogen and oxygen atoms in total. The Morgan fingerprint density at radius 1 is 1.09 bits per heavy atom. The van der Waals surface area contributed by atoms with Crippen molar-refractivity contribution in [1.29, 1.82) is 0 Å². The van der Waals surface area contributed by atoms with Crippen LogP contribution in [-0.4, -0.2) is 55.8 Å². The second-order valence-corrected chi connectivity index (χ2v) is 9.84. The van der Waals surface area contributed by atoms with E-state index in [1.807, 2.05) is 0 Å². The molecule has 2 saturated heterocycles. The SMILES string of the molecule is O=C(CCC1NC(C2CCC(F)C(F)C2)NO1)NCCCNC1NNC(=O)C2CCCCC12. The van der Waals surface area contributed by atoms with Crippen LogP contribution >= 0.6 is 0 Å². The summed E-state index contributed by atoms with van der Waals surface area (Å²) in [6.07, 6.45) is 3.70. The monoisotopic (exact) mass is 472 g/mol. The topological polar surface area (TPSA) is 116 Å². The third kappa shape index (κ3) is 6.60. The number of carbonyl (C=O) groups excluding carboxylic acids is 2. The summed E-state index contributed by atoms with van der Waals surface area (Å²) in [5, 5.41) is 9.64. The minimum absolute atomic E-state index is 0.0193. The van der Waals surface area contributed by atoms with E-state index in [1.165, 1.54) is 0 Å². The molecule has 4 aliphatic rings. The Kier molecular flexibility index (Phi) is 8.86. The van der Waals surface area contributed by atoms with Gasteiger partial charge in [-0.25, -0.2) is 14.2 Å². The number of nitrogens with one attached hydrogen (secondary N) is 6. The van der Waals surface area contributed by atoms with Crippen molar-refractivity contribution in [3.8, 4) is 0 Å². The average molecular weight is 473 g/mol. The van der Waals surface area contributed by atoms with E-state index in [0.29, 0.717) is 31.7 Å². The Bertz CT molecular complexity index is 674. The van der Waals surface area contributed by atoms with Crippen molar-refractivity contribution in [3.05, 3.63) is 0 Å². The molecule has 2 aliphatic carbocycles. The molecule has 0 aromatic carbocycles. The van der Waals surface area contributed by atoms with Crippen molar-refractivity contribution in [3.63, 3.8) is 0 Å². The molecule has 8 atom stereocenters. The first kappa shape index (κ1) is 24.7. The predicted octanol–water partition coefficient (Wildman–Crippen LogP) is 0.882. The van der Waals surface area contributed by atoms with Crippen LogP contribution in [0, 0.1) is 17.8 Å². The van der Waals surface area contributed by atoms with Gasteiger partial charge in [-0.3, -0.25) is 25.2 Å². The van der Waals surface area contributed by atoms with Crippen LogP contribution in [0.4, 0.5) is 8.78 Å². The van der Waals surface area contributed by atoms with Gasteiger partial charge in [-0.05, 0) is 57.4 Å². The second-order valence-electron chi connectivity index (χ2n) is 9.84. The van der Waals surface area contributed by atoms with Gasteiger partial charge in [0, 0.05) is 24.8 Å². The van der Waals surface area contributed by atoms with Crippen LogP contribution in [0.3, 0.4) is 0 Å². The number of fused-ring (bicyclic) bond motifs is 1. The quantitative estimate of drug-likeness (QED) is 0.276. The Morgan fingerprint density at radius 2 is 1.94 bits per heavy atom. The zero-order valence-corrected chi connectivity index (χ0v) is 19.1. The summed E-state index contributed by atoms with van der Waals surface area (Å²) < 4.78 is 27.0. The molecule has 6 N–H and O–H groups in total. The lowest BCUT2D eigenvalue weighted by Gasteiger charge is -2.41. The number of rotatable bonds is 9. The van der Waals surface area contributed by atoms with Crippen molar-refractivity contribution in [2.24, 2.45) is 17.8 Å². The maximum atomic E-state index is 13.7. The Morgan fingerprint density at radius 3 is 2.79 bits per heavy atom. The number of hydrazine groups is 1. The zero-order chi connectivity index (χ0) is 23.2. The summed E-state index contributed by atoms with van der Waals surface area (Å²) >= 11 is 0. The van der Waals surface area contributed by atoms with Gasteiger partial charge in [-0.15, -0.1) is 0 Å². The van der Waals surface area contributed by atoms with Crippen LogP contribution in [0.5, 0.6) is 0 Å². The minimum Gasteiger partial charge on any atom is -0.356 e. The smallest absolute Gasteiger partial charge is 0.237 e. The number of amides is 2. The number of hydroxylamine groups is 1. The van der Waals surface area contributed by atoms with E-state index in [9.17, 15) is 18.4 Å². The summed E-state index contributed by atoms with van der Waals surface area (Å²) in [6, 6.07) is 0. The van der Waals surface area contributed by atoms with Crippen LogP contribution in [-0.2, 0) is 14.4 Å². The van der Waals surface area contributed by atoms with Gasteiger partial charge in [-0.2, -0.15) is 5.48 Å². The third-order valence-corrected chi connectivity index (χ3v) is 7.52. The molecular formula is C22H38F2N6O3. The fraction of sp³-hybridized carbons (Fsp3) is 0.909. The third-order valence-electron chi connectivity index (χ3n) is 7.52. The van der Waals surface area contributed by atoms with E-state index in [4.69, 9.17) is 4.84 Å². The molecule has 2 heterocycles. The van der Waals surface area contributed by atoms with Crippen molar-refractivity contribution in [2.75, 3.05) is 13.1 Å². The largest absolute Gasteiger partial charge is 0.356 e. The van der Waals surface area contributed by atoms with Crippen molar-refractivity contribution < 1.29 is 23.2 Å². The molecule has 4 fully saturated rings. The first-order valence-electron chi connectivity index (χ1n) is 12.5. The number of hydrogen-bond donors (Lipinski definition) is 6. The van der Waals surface area contributed by atoms with E-state index in [-0.39, 0.29) is 55.1 Å². The van der Waals surface area contributed by atoms with Crippen LogP contribution in [0.2, 0.25) is 0 Å². The summed E-state index contributed by atoms with van der Waals surface area (Å²) in [6.45, 7) is 1.32.